The molecule has 0 saturated carbocycles. The summed E-state index contributed by atoms with van der Waals surface area (Å²) in [5, 5.41) is 0. The molecule has 0 rings (SSSR count). The van der Waals surface area contributed by atoms with E-state index >= 15 is 0 Å². The van der Waals surface area contributed by atoms with Crippen molar-refractivity contribution in [1.82, 2.24) is 0 Å². The van der Waals surface area contributed by atoms with Gasteiger partial charge >= 0.3 is 17.9 Å². The lowest BCUT2D eigenvalue weighted by Gasteiger charge is -2.18. The van der Waals surface area contributed by atoms with E-state index in [1.807, 2.05) is 0 Å². The Balaban J connectivity index is 4.25. The third-order valence-corrected chi connectivity index (χ3v) is 11.8. The molecule has 0 aromatic carbocycles. The molecule has 0 unspecified atom stereocenters. The second-order valence-electron chi connectivity index (χ2n) is 18.3. The normalized spacial score (nSPS) is 11.9. The van der Waals surface area contributed by atoms with Crippen molar-refractivity contribution in [3.63, 3.8) is 0 Å². The predicted octanol–water partition coefficient (Wildman–Crippen LogP) is 16.7. The third kappa shape index (κ3) is 45.5. The molecule has 0 N–H and O–H groups in total. The summed E-state index contributed by atoms with van der Waals surface area (Å²) in [4.78, 5) is 37.8. The average Bonchev–Trinajstić information content (AvgIpc) is 3.21. The summed E-state index contributed by atoms with van der Waals surface area (Å²) in [7, 11) is 0. The molecule has 344 valence electrons. The molecule has 6 heteroatoms. The molecule has 0 fully saturated rings. The second kappa shape index (κ2) is 46.5. The molecule has 0 aromatic rings. The zero-order chi connectivity index (χ0) is 42.4. The van der Waals surface area contributed by atoms with Crippen molar-refractivity contribution in [1.29, 1.82) is 0 Å². The summed E-state index contributed by atoms with van der Waals surface area (Å²) in [6, 6.07) is 0. The Bertz CT molecular complexity index is 872. The molecule has 0 saturated heterocycles. The van der Waals surface area contributed by atoms with Crippen LogP contribution in [0.15, 0.2) is 0 Å². The van der Waals surface area contributed by atoms with Crippen LogP contribution in [0.25, 0.3) is 0 Å². The highest BCUT2D eigenvalue weighted by molar-refractivity contribution is 5.71. The minimum absolute atomic E-state index is 0.0627. The molecular formula is C52H100O6. The zero-order valence-corrected chi connectivity index (χ0v) is 39.5. The third-order valence-electron chi connectivity index (χ3n) is 11.8. The number of ether oxygens (including phenoxy) is 3. The standard InChI is InChI=1S/C52H100O6/c1-5-7-9-11-13-15-16-20-24-28-32-36-40-44-51(54)57-47-49(46-56-50(53)43-39-35-31-26-14-12-10-8-6-2)58-52(55)45-41-37-33-29-25-22-19-17-18-21-23-27-30-34-38-42-48(3)4/h48-49H,5-47H2,1-4H3/t49-/m0/s1. The van der Waals surface area contributed by atoms with Gasteiger partial charge in [-0.2, -0.15) is 0 Å². The molecule has 1 atom stereocenters. The van der Waals surface area contributed by atoms with Gasteiger partial charge in [0, 0.05) is 19.3 Å². The van der Waals surface area contributed by atoms with Crippen molar-refractivity contribution in [3.8, 4) is 0 Å². The highest BCUT2D eigenvalue weighted by atomic mass is 16.6. The van der Waals surface area contributed by atoms with Crippen LogP contribution in [0, 0.1) is 5.92 Å². The van der Waals surface area contributed by atoms with Gasteiger partial charge < -0.3 is 14.2 Å². The van der Waals surface area contributed by atoms with Gasteiger partial charge in [0.05, 0.1) is 0 Å². The van der Waals surface area contributed by atoms with Gasteiger partial charge in [0.15, 0.2) is 6.10 Å². The van der Waals surface area contributed by atoms with E-state index in [1.54, 1.807) is 0 Å². The molecule has 0 amide bonds. The van der Waals surface area contributed by atoms with Crippen molar-refractivity contribution in [2.45, 2.75) is 297 Å². The molecule has 0 heterocycles. The van der Waals surface area contributed by atoms with Crippen LogP contribution in [0.3, 0.4) is 0 Å². The Labute approximate surface area is 361 Å². The molecule has 0 aliphatic carbocycles. The van der Waals surface area contributed by atoms with Gasteiger partial charge in [-0.15, -0.1) is 0 Å². The number of carbonyl (C=O) groups is 3. The molecule has 0 bridgehead atoms. The van der Waals surface area contributed by atoms with E-state index in [0.29, 0.717) is 19.3 Å². The number of unbranched alkanes of at least 4 members (excludes halogenated alkanes) is 34. The van der Waals surface area contributed by atoms with E-state index in [-0.39, 0.29) is 31.1 Å². The van der Waals surface area contributed by atoms with Crippen molar-refractivity contribution < 1.29 is 28.6 Å². The SMILES string of the molecule is CCCCCCCCCCCCCCCC(=O)OC[C@H](COC(=O)CCCCCCCCCCC)OC(=O)CCCCCCCCCCCCCCCCCC(C)C. The van der Waals surface area contributed by atoms with E-state index in [0.717, 1.165) is 63.7 Å². The van der Waals surface area contributed by atoms with Crippen molar-refractivity contribution >= 4 is 17.9 Å². The van der Waals surface area contributed by atoms with E-state index in [2.05, 4.69) is 27.7 Å². The van der Waals surface area contributed by atoms with Crippen LogP contribution in [0.1, 0.15) is 291 Å². The topological polar surface area (TPSA) is 78.9 Å². The van der Waals surface area contributed by atoms with Crippen LogP contribution >= 0.6 is 0 Å². The Kier molecular flexibility index (Phi) is 45.2. The summed E-state index contributed by atoms with van der Waals surface area (Å²) < 4.78 is 16.8. The first-order valence-corrected chi connectivity index (χ1v) is 25.9. The minimum Gasteiger partial charge on any atom is -0.462 e. The first-order valence-electron chi connectivity index (χ1n) is 25.9. The number of hydrogen-bond donors (Lipinski definition) is 0. The number of rotatable bonds is 47. The van der Waals surface area contributed by atoms with E-state index < -0.39 is 6.10 Å². The molecule has 0 aliphatic heterocycles. The minimum atomic E-state index is -0.759. The molecule has 0 radical (unpaired) electrons. The molecule has 0 aliphatic rings. The van der Waals surface area contributed by atoms with E-state index in [4.69, 9.17) is 14.2 Å². The summed E-state index contributed by atoms with van der Waals surface area (Å²) in [6.07, 6.45) is 48.0. The molecule has 6 nitrogen and oxygen atoms in total. The molecule has 0 spiro atoms. The molecule has 58 heavy (non-hydrogen) atoms. The maximum atomic E-state index is 12.8. The highest BCUT2D eigenvalue weighted by Gasteiger charge is 2.19. The van der Waals surface area contributed by atoms with Gasteiger partial charge in [-0.05, 0) is 25.2 Å². The fourth-order valence-corrected chi connectivity index (χ4v) is 7.86. The Morgan fingerprint density at radius 2 is 0.569 bits per heavy atom. The van der Waals surface area contributed by atoms with Gasteiger partial charge in [0.1, 0.15) is 13.2 Å². The first kappa shape index (κ1) is 56.4. The summed E-state index contributed by atoms with van der Waals surface area (Å²) >= 11 is 0. The fourth-order valence-electron chi connectivity index (χ4n) is 7.86. The van der Waals surface area contributed by atoms with Crippen LogP contribution in [-0.2, 0) is 28.6 Å². The van der Waals surface area contributed by atoms with E-state index in [9.17, 15) is 14.4 Å². The maximum Gasteiger partial charge on any atom is 0.306 e. The average molecular weight is 821 g/mol. The Morgan fingerprint density at radius 1 is 0.328 bits per heavy atom. The van der Waals surface area contributed by atoms with Crippen molar-refractivity contribution in [2.75, 3.05) is 13.2 Å². The number of carbonyl (C=O) groups excluding carboxylic acids is 3. The lowest BCUT2D eigenvalue weighted by atomic mass is 10.0. The summed E-state index contributed by atoms with van der Waals surface area (Å²) in [5.41, 5.74) is 0. The smallest absolute Gasteiger partial charge is 0.306 e. The fraction of sp³-hybridized carbons (Fsp3) is 0.942. The van der Waals surface area contributed by atoms with E-state index in [1.165, 1.54) is 186 Å². The summed E-state index contributed by atoms with van der Waals surface area (Å²) in [6.45, 7) is 9.02. The Morgan fingerprint density at radius 3 is 0.845 bits per heavy atom. The van der Waals surface area contributed by atoms with Crippen LogP contribution in [0.4, 0.5) is 0 Å². The highest BCUT2D eigenvalue weighted by Crippen LogP contribution is 2.17. The van der Waals surface area contributed by atoms with Gasteiger partial charge in [-0.25, -0.2) is 0 Å². The zero-order valence-electron chi connectivity index (χ0n) is 39.5. The van der Waals surface area contributed by atoms with Gasteiger partial charge in [0.25, 0.3) is 0 Å². The molecular weight excluding hydrogens is 721 g/mol. The largest absolute Gasteiger partial charge is 0.462 e. The number of hydrogen-bond acceptors (Lipinski definition) is 6. The van der Waals surface area contributed by atoms with Crippen LogP contribution in [0.2, 0.25) is 0 Å². The maximum absolute atomic E-state index is 12.8. The van der Waals surface area contributed by atoms with Gasteiger partial charge in [0.2, 0.25) is 0 Å². The summed E-state index contributed by atoms with van der Waals surface area (Å²) in [5.74, 6) is 0.00142. The second-order valence-corrected chi connectivity index (χ2v) is 18.3. The van der Waals surface area contributed by atoms with Crippen molar-refractivity contribution in [2.24, 2.45) is 5.92 Å². The monoisotopic (exact) mass is 821 g/mol. The van der Waals surface area contributed by atoms with Crippen LogP contribution < -0.4 is 0 Å². The van der Waals surface area contributed by atoms with Gasteiger partial charge in [-0.1, -0.05) is 252 Å². The van der Waals surface area contributed by atoms with Crippen molar-refractivity contribution in [3.05, 3.63) is 0 Å². The lowest BCUT2D eigenvalue weighted by molar-refractivity contribution is -0.167. The van der Waals surface area contributed by atoms with Crippen LogP contribution in [0.5, 0.6) is 0 Å². The Hall–Kier alpha value is -1.59. The quantitative estimate of drug-likeness (QED) is 0.0346. The number of esters is 3. The van der Waals surface area contributed by atoms with Gasteiger partial charge in [-0.3, -0.25) is 14.4 Å². The van der Waals surface area contributed by atoms with Crippen LogP contribution in [-0.4, -0.2) is 37.2 Å². The molecule has 0 aromatic heterocycles. The first-order chi connectivity index (χ1) is 28.4. The lowest BCUT2D eigenvalue weighted by Crippen LogP contribution is -2.30. The predicted molar refractivity (Wildman–Crippen MR) is 247 cm³/mol.